The maximum absolute atomic E-state index is 13.4. The van der Waals surface area contributed by atoms with Gasteiger partial charge in [0.15, 0.2) is 0 Å². The summed E-state index contributed by atoms with van der Waals surface area (Å²) in [6.07, 6.45) is -2.98. The summed E-state index contributed by atoms with van der Waals surface area (Å²) in [5.74, 6) is -1.16. The second-order valence-electron chi connectivity index (χ2n) is 7.79. The molecule has 1 aliphatic rings. The summed E-state index contributed by atoms with van der Waals surface area (Å²) in [5, 5.41) is 2.79. The van der Waals surface area contributed by atoms with Gasteiger partial charge in [0.2, 0.25) is 0 Å². The number of rotatable bonds is 5. The van der Waals surface area contributed by atoms with Gasteiger partial charge in [-0.05, 0) is 55.3 Å². The minimum absolute atomic E-state index is 0.0549. The third kappa shape index (κ3) is 4.50. The molecular weight excluding hydrogens is 431 g/mol. The molecule has 5 nitrogen and oxygen atoms in total. The van der Waals surface area contributed by atoms with Crippen molar-refractivity contribution in [3.05, 3.63) is 101 Å². The standard InChI is InChI=1S/C25H20F3N3O2/c1-15-9-10-20(16(2)12-15)21-22(30-18-8-5-6-17(13-18)25(26,27)28)24(33)31(23(21)32)14-19-7-3-4-11-29-19/h3-13,30H,14H2,1-2H3. The topological polar surface area (TPSA) is 62.3 Å². The van der Waals surface area contributed by atoms with Crippen LogP contribution in [0.3, 0.4) is 0 Å². The molecule has 33 heavy (non-hydrogen) atoms. The maximum atomic E-state index is 13.4. The lowest BCUT2D eigenvalue weighted by atomic mass is 9.97. The predicted octanol–water partition coefficient (Wildman–Crippen LogP) is 5.11. The van der Waals surface area contributed by atoms with Crippen LogP contribution in [0.2, 0.25) is 0 Å². The molecule has 0 fully saturated rings. The predicted molar refractivity (Wildman–Crippen MR) is 118 cm³/mol. The Labute approximate surface area is 188 Å². The number of pyridine rings is 1. The number of anilines is 1. The monoisotopic (exact) mass is 451 g/mol. The van der Waals surface area contributed by atoms with Crippen LogP contribution in [0.1, 0.15) is 27.9 Å². The molecule has 1 aliphatic heterocycles. The van der Waals surface area contributed by atoms with Gasteiger partial charge in [0.05, 0.1) is 23.4 Å². The lowest BCUT2D eigenvalue weighted by Gasteiger charge is -2.15. The summed E-state index contributed by atoms with van der Waals surface area (Å²) in [7, 11) is 0. The number of amides is 2. The van der Waals surface area contributed by atoms with Crippen LogP contribution in [-0.2, 0) is 22.3 Å². The van der Waals surface area contributed by atoms with Gasteiger partial charge in [0.1, 0.15) is 5.70 Å². The molecule has 2 amide bonds. The van der Waals surface area contributed by atoms with E-state index in [2.05, 4.69) is 10.3 Å². The van der Waals surface area contributed by atoms with Gasteiger partial charge in [0.25, 0.3) is 11.8 Å². The first-order valence-corrected chi connectivity index (χ1v) is 10.2. The third-order valence-electron chi connectivity index (χ3n) is 5.32. The van der Waals surface area contributed by atoms with E-state index in [1.165, 1.54) is 12.1 Å². The number of aryl methyl sites for hydroxylation is 2. The number of imide groups is 1. The Morgan fingerprint density at radius 2 is 1.73 bits per heavy atom. The third-order valence-corrected chi connectivity index (χ3v) is 5.32. The normalized spacial score (nSPS) is 14.3. The van der Waals surface area contributed by atoms with Crippen LogP contribution in [0.4, 0.5) is 18.9 Å². The highest BCUT2D eigenvalue weighted by Crippen LogP contribution is 2.35. The summed E-state index contributed by atoms with van der Waals surface area (Å²) < 4.78 is 39.5. The number of carbonyl (C=O) groups is 2. The molecule has 0 spiro atoms. The molecule has 1 N–H and O–H groups in total. The van der Waals surface area contributed by atoms with Crippen LogP contribution in [0, 0.1) is 13.8 Å². The number of benzene rings is 2. The van der Waals surface area contributed by atoms with Gasteiger partial charge in [-0.2, -0.15) is 13.2 Å². The summed E-state index contributed by atoms with van der Waals surface area (Å²) in [4.78, 5) is 31.9. The van der Waals surface area contributed by atoms with Crippen molar-refractivity contribution in [3.8, 4) is 0 Å². The smallest absolute Gasteiger partial charge is 0.350 e. The molecule has 0 radical (unpaired) electrons. The van der Waals surface area contributed by atoms with Gasteiger partial charge in [-0.25, -0.2) is 0 Å². The van der Waals surface area contributed by atoms with Crippen molar-refractivity contribution in [2.75, 3.05) is 5.32 Å². The fourth-order valence-electron chi connectivity index (χ4n) is 3.75. The van der Waals surface area contributed by atoms with Crippen molar-refractivity contribution < 1.29 is 22.8 Å². The summed E-state index contributed by atoms with van der Waals surface area (Å²) >= 11 is 0. The number of nitrogens with zero attached hydrogens (tertiary/aromatic N) is 2. The molecule has 0 aliphatic carbocycles. The van der Waals surface area contributed by atoms with Crippen molar-refractivity contribution in [1.82, 2.24) is 9.88 Å². The van der Waals surface area contributed by atoms with Crippen molar-refractivity contribution in [3.63, 3.8) is 0 Å². The average molecular weight is 451 g/mol. The molecule has 2 aromatic carbocycles. The van der Waals surface area contributed by atoms with Crippen LogP contribution in [0.25, 0.3) is 5.57 Å². The van der Waals surface area contributed by atoms with Gasteiger partial charge < -0.3 is 5.32 Å². The molecule has 4 rings (SSSR count). The van der Waals surface area contributed by atoms with E-state index >= 15 is 0 Å². The van der Waals surface area contributed by atoms with E-state index in [0.29, 0.717) is 11.3 Å². The van der Waals surface area contributed by atoms with Crippen LogP contribution in [0.5, 0.6) is 0 Å². The molecular formula is C25H20F3N3O2. The van der Waals surface area contributed by atoms with Crippen LogP contribution in [0.15, 0.2) is 72.6 Å². The second kappa shape index (κ2) is 8.54. The Bertz CT molecular complexity index is 1270. The number of alkyl halides is 3. The number of hydrogen-bond donors (Lipinski definition) is 1. The van der Waals surface area contributed by atoms with Gasteiger partial charge >= 0.3 is 6.18 Å². The minimum Gasteiger partial charge on any atom is -0.350 e. The zero-order valence-electron chi connectivity index (χ0n) is 17.9. The molecule has 0 atom stereocenters. The van der Waals surface area contributed by atoms with E-state index in [1.807, 2.05) is 26.0 Å². The maximum Gasteiger partial charge on any atom is 0.416 e. The average Bonchev–Trinajstić information content (AvgIpc) is 2.99. The van der Waals surface area contributed by atoms with Gasteiger partial charge in [-0.3, -0.25) is 19.5 Å². The van der Waals surface area contributed by atoms with Gasteiger partial charge in [-0.1, -0.05) is 35.9 Å². The molecule has 0 saturated heterocycles. The number of carbonyl (C=O) groups excluding carboxylic acids is 2. The van der Waals surface area contributed by atoms with Crippen LogP contribution in [-0.4, -0.2) is 21.7 Å². The Morgan fingerprint density at radius 3 is 2.39 bits per heavy atom. The molecule has 3 aromatic rings. The Balaban J connectivity index is 1.79. The number of hydrogen-bond acceptors (Lipinski definition) is 4. The van der Waals surface area contributed by atoms with Crippen molar-refractivity contribution >= 4 is 23.1 Å². The van der Waals surface area contributed by atoms with Crippen LogP contribution >= 0.6 is 0 Å². The van der Waals surface area contributed by atoms with Crippen molar-refractivity contribution in [2.24, 2.45) is 0 Å². The van der Waals surface area contributed by atoms with E-state index in [9.17, 15) is 22.8 Å². The molecule has 0 bridgehead atoms. The highest BCUT2D eigenvalue weighted by Gasteiger charge is 2.40. The fourth-order valence-corrected chi connectivity index (χ4v) is 3.75. The molecule has 2 heterocycles. The number of halogens is 3. The molecule has 0 saturated carbocycles. The SMILES string of the molecule is Cc1ccc(C2=C(Nc3cccc(C(F)(F)F)c3)C(=O)N(Cc3ccccn3)C2=O)c(C)c1. The minimum atomic E-state index is -4.54. The zero-order valence-corrected chi connectivity index (χ0v) is 17.9. The molecule has 0 unspecified atom stereocenters. The van der Waals surface area contributed by atoms with Crippen LogP contribution < -0.4 is 5.32 Å². The fraction of sp³-hybridized carbons (Fsp3) is 0.160. The Kier molecular flexibility index (Phi) is 5.76. The summed E-state index contributed by atoms with van der Waals surface area (Å²) in [6.45, 7) is 3.67. The lowest BCUT2D eigenvalue weighted by Crippen LogP contribution is -2.32. The Hall–Kier alpha value is -3.94. The quantitative estimate of drug-likeness (QED) is 0.548. The Morgan fingerprint density at radius 1 is 0.939 bits per heavy atom. The molecule has 168 valence electrons. The first-order chi connectivity index (χ1) is 15.6. The number of nitrogens with one attached hydrogen (secondary N) is 1. The summed E-state index contributed by atoms with van der Waals surface area (Å²) in [6, 6.07) is 15.1. The van der Waals surface area contributed by atoms with E-state index < -0.39 is 23.6 Å². The van der Waals surface area contributed by atoms with Gasteiger partial charge in [-0.15, -0.1) is 0 Å². The van der Waals surface area contributed by atoms with E-state index in [-0.39, 0.29) is 23.5 Å². The van der Waals surface area contributed by atoms with E-state index in [4.69, 9.17) is 0 Å². The lowest BCUT2D eigenvalue weighted by molar-refractivity contribution is -0.138. The van der Waals surface area contributed by atoms with E-state index in [1.54, 1.807) is 30.5 Å². The molecule has 8 heteroatoms. The highest BCUT2D eigenvalue weighted by atomic mass is 19.4. The first-order valence-electron chi connectivity index (χ1n) is 10.2. The van der Waals surface area contributed by atoms with E-state index in [0.717, 1.165) is 28.2 Å². The van der Waals surface area contributed by atoms with Crippen molar-refractivity contribution in [1.29, 1.82) is 0 Å². The highest BCUT2D eigenvalue weighted by molar-refractivity contribution is 6.36. The number of aromatic nitrogens is 1. The zero-order chi connectivity index (χ0) is 23.8. The molecule has 1 aromatic heterocycles. The summed E-state index contributed by atoms with van der Waals surface area (Å²) in [5.41, 5.74) is 2.05. The first kappa shape index (κ1) is 22.3. The van der Waals surface area contributed by atoms with Crippen molar-refractivity contribution in [2.45, 2.75) is 26.6 Å². The largest absolute Gasteiger partial charge is 0.416 e. The van der Waals surface area contributed by atoms with Gasteiger partial charge in [0, 0.05) is 11.9 Å². The second-order valence-corrected chi connectivity index (χ2v) is 7.79.